The fraction of sp³-hybridized carbons (Fsp3) is 0.500. The van der Waals surface area contributed by atoms with Gasteiger partial charge in [0.2, 0.25) is 0 Å². The molecule has 0 aromatic carbocycles. The van der Waals surface area contributed by atoms with Gasteiger partial charge in [-0.05, 0) is 11.4 Å². The van der Waals surface area contributed by atoms with Crippen molar-refractivity contribution in [3.63, 3.8) is 0 Å². The Morgan fingerprint density at radius 1 is 1.75 bits per heavy atom. The maximum absolute atomic E-state index is 11.9. The summed E-state index contributed by atoms with van der Waals surface area (Å²) in [4.78, 5) is 13.8. The van der Waals surface area contributed by atoms with E-state index in [1.807, 2.05) is 0 Å². The summed E-state index contributed by atoms with van der Waals surface area (Å²) < 4.78 is 4.79. The molecule has 0 saturated carbocycles. The van der Waals surface area contributed by atoms with Gasteiger partial charge in [0.15, 0.2) is 0 Å². The molecule has 6 heteroatoms. The van der Waals surface area contributed by atoms with Crippen molar-refractivity contribution in [1.29, 1.82) is 0 Å². The monoisotopic (exact) mass is 263 g/mol. The summed E-state index contributed by atoms with van der Waals surface area (Å²) >= 11 is 7.14. The molecule has 0 fully saturated rings. The first-order chi connectivity index (χ1) is 7.56. The van der Waals surface area contributed by atoms with Gasteiger partial charge in [0.05, 0.1) is 17.7 Å². The van der Waals surface area contributed by atoms with Crippen molar-refractivity contribution in [2.24, 2.45) is 0 Å². The Morgan fingerprint density at radius 3 is 2.94 bits per heavy atom. The van der Waals surface area contributed by atoms with Gasteiger partial charge >= 0.3 is 0 Å². The van der Waals surface area contributed by atoms with Crippen LogP contribution >= 0.6 is 22.9 Å². The number of halogens is 1. The number of hydrogen-bond donors (Lipinski definition) is 1. The molecule has 0 radical (unpaired) electrons. The molecule has 0 aliphatic rings. The number of aliphatic hydroxyl groups is 1. The Hall–Kier alpha value is -0.620. The van der Waals surface area contributed by atoms with E-state index in [9.17, 15) is 9.90 Å². The molecule has 1 unspecified atom stereocenters. The van der Waals surface area contributed by atoms with E-state index in [2.05, 4.69) is 0 Å². The highest BCUT2D eigenvalue weighted by Crippen LogP contribution is 2.23. The van der Waals surface area contributed by atoms with Crippen molar-refractivity contribution in [1.82, 2.24) is 4.90 Å². The Labute approximate surface area is 103 Å². The van der Waals surface area contributed by atoms with Gasteiger partial charge in [-0.2, -0.15) is 0 Å². The third kappa shape index (κ3) is 3.45. The lowest BCUT2D eigenvalue weighted by Gasteiger charge is -2.19. The van der Waals surface area contributed by atoms with E-state index < -0.39 is 6.10 Å². The van der Waals surface area contributed by atoms with Gasteiger partial charge in [0.25, 0.3) is 5.91 Å². The zero-order chi connectivity index (χ0) is 12.1. The van der Waals surface area contributed by atoms with Crippen molar-refractivity contribution in [2.45, 2.75) is 6.10 Å². The van der Waals surface area contributed by atoms with Crippen LogP contribution < -0.4 is 0 Å². The van der Waals surface area contributed by atoms with E-state index in [1.165, 1.54) is 23.3 Å². The predicted molar refractivity (Wildman–Crippen MR) is 64.2 cm³/mol. The molecule has 16 heavy (non-hydrogen) atoms. The molecule has 1 rings (SSSR count). The van der Waals surface area contributed by atoms with Crippen LogP contribution in [0.3, 0.4) is 0 Å². The molecule has 1 heterocycles. The standard InChI is InChI=1S/C10H14ClNO3S/c1-12(5-7(13)6-15-2)10(14)9-8(11)3-4-16-9/h3-4,7,13H,5-6H2,1-2H3. The molecule has 1 amide bonds. The average Bonchev–Trinajstić information content (AvgIpc) is 2.63. The van der Waals surface area contributed by atoms with Gasteiger partial charge in [0.1, 0.15) is 4.88 Å². The van der Waals surface area contributed by atoms with Crippen LogP contribution in [0.2, 0.25) is 5.02 Å². The predicted octanol–water partition coefficient (Wildman–Crippen LogP) is 1.48. The normalized spacial score (nSPS) is 12.5. The molecule has 1 aromatic rings. The molecular formula is C10H14ClNO3S. The van der Waals surface area contributed by atoms with Gasteiger partial charge in [0, 0.05) is 20.7 Å². The van der Waals surface area contributed by atoms with Crippen LogP contribution in [0.15, 0.2) is 11.4 Å². The second-order valence-electron chi connectivity index (χ2n) is 3.39. The SMILES string of the molecule is COCC(O)CN(C)C(=O)c1sccc1Cl. The number of aliphatic hydroxyl groups excluding tert-OH is 1. The number of amides is 1. The summed E-state index contributed by atoms with van der Waals surface area (Å²) in [6, 6.07) is 1.68. The number of thiophene rings is 1. The second kappa shape index (κ2) is 6.20. The van der Waals surface area contributed by atoms with Gasteiger partial charge in [-0.1, -0.05) is 11.6 Å². The molecule has 0 aliphatic heterocycles. The number of likely N-dealkylation sites (N-methyl/N-ethyl adjacent to an activating group) is 1. The molecule has 0 bridgehead atoms. The number of carbonyl (C=O) groups excluding carboxylic acids is 1. The highest BCUT2D eigenvalue weighted by molar-refractivity contribution is 7.12. The minimum absolute atomic E-state index is 0.185. The van der Waals surface area contributed by atoms with E-state index >= 15 is 0 Å². The molecule has 0 saturated heterocycles. The van der Waals surface area contributed by atoms with E-state index in [0.29, 0.717) is 9.90 Å². The highest BCUT2D eigenvalue weighted by atomic mass is 35.5. The van der Waals surface area contributed by atoms with Crippen molar-refractivity contribution in [3.8, 4) is 0 Å². The molecule has 4 nitrogen and oxygen atoms in total. The van der Waals surface area contributed by atoms with Crippen molar-refractivity contribution in [3.05, 3.63) is 21.3 Å². The van der Waals surface area contributed by atoms with Crippen molar-refractivity contribution in [2.75, 3.05) is 27.3 Å². The molecule has 90 valence electrons. The largest absolute Gasteiger partial charge is 0.389 e. The third-order valence-electron chi connectivity index (χ3n) is 2.00. The topological polar surface area (TPSA) is 49.8 Å². The zero-order valence-electron chi connectivity index (χ0n) is 9.14. The molecule has 1 N–H and O–H groups in total. The third-order valence-corrected chi connectivity index (χ3v) is 3.33. The van der Waals surface area contributed by atoms with Gasteiger partial charge in [-0.25, -0.2) is 0 Å². The summed E-state index contributed by atoms with van der Waals surface area (Å²) in [5.74, 6) is -0.185. The van der Waals surface area contributed by atoms with Crippen LogP contribution in [0, 0.1) is 0 Å². The molecule has 0 spiro atoms. The number of rotatable bonds is 5. The van der Waals surface area contributed by atoms with Crippen LogP contribution in [0.1, 0.15) is 9.67 Å². The summed E-state index contributed by atoms with van der Waals surface area (Å²) in [5.41, 5.74) is 0. The first kappa shape index (κ1) is 13.4. The van der Waals surface area contributed by atoms with Crippen LogP contribution in [0.4, 0.5) is 0 Å². The Morgan fingerprint density at radius 2 is 2.44 bits per heavy atom. The Bertz CT molecular complexity index is 356. The lowest BCUT2D eigenvalue weighted by molar-refractivity contribution is 0.0382. The first-order valence-corrected chi connectivity index (χ1v) is 5.97. The first-order valence-electron chi connectivity index (χ1n) is 4.71. The smallest absolute Gasteiger partial charge is 0.265 e. The summed E-state index contributed by atoms with van der Waals surface area (Å²) in [7, 11) is 3.12. The molecule has 1 atom stereocenters. The number of nitrogens with zero attached hydrogens (tertiary/aromatic N) is 1. The van der Waals surface area contributed by atoms with Gasteiger partial charge < -0.3 is 14.7 Å². The number of hydrogen-bond acceptors (Lipinski definition) is 4. The Kier molecular flexibility index (Phi) is 5.21. The van der Waals surface area contributed by atoms with E-state index in [1.54, 1.807) is 18.5 Å². The van der Waals surface area contributed by atoms with E-state index in [4.69, 9.17) is 16.3 Å². The van der Waals surface area contributed by atoms with Crippen molar-refractivity contribution < 1.29 is 14.6 Å². The number of ether oxygens (including phenoxy) is 1. The second-order valence-corrected chi connectivity index (χ2v) is 4.72. The summed E-state index contributed by atoms with van der Waals surface area (Å²) in [6.07, 6.45) is -0.683. The molecule has 1 aromatic heterocycles. The number of carbonyl (C=O) groups is 1. The minimum atomic E-state index is -0.683. The molecule has 0 aliphatic carbocycles. The average molecular weight is 264 g/mol. The maximum Gasteiger partial charge on any atom is 0.265 e. The van der Waals surface area contributed by atoms with Crippen LogP contribution in [0.5, 0.6) is 0 Å². The number of methoxy groups -OCH3 is 1. The van der Waals surface area contributed by atoms with Gasteiger partial charge in [-0.3, -0.25) is 4.79 Å². The van der Waals surface area contributed by atoms with Crippen LogP contribution in [-0.2, 0) is 4.74 Å². The van der Waals surface area contributed by atoms with E-state index in [0.717, 1.165) is 0 Å². The Balaban J connectivity index is 2.58. The fourth-order valence-electron chi connectivity index (χ4n) is 1.26. The minimum Gasteiger partial charge on any atom is -0.389 e. The van der Waals surface area contributed by atoms with Crippen LogP contribution in [-0.4, -0.2) is 49.3 Å². The molecular weight excluding hydrogens is 250 g/mol. The van der Waals surface area contributed by atoms with Crippen LogP contribution in [0.25, 0.3) is 0 Å². The highest BCUT2D eigenvalue weighted by Gasteiger charge is 2.18. The lowest BCUT2D eigenvalue weighted by atomic mass is 10.3. The maximum atomic E-state index is 11.9. The fourth-order valence-corrected chi connectivity index (χ4v) is 2.39. The quantitative estimate of drug-likeness (QED) is 0.876. The van der Waals surface area contributed by atoms with E-state index in [-0.39, 0.29) is 19.1 Å². The van der Waals surface area contributed by atoms with Gasteiger partial charge in [-0.15, -0.1) is 11.3 Å². The zero-order valence-corrected chi connectivity index (χ0v) is 10.7. The van der Waals surface area contributed by atoms with Crippen molar-refractivity contribution >= 4 is 28.8 Å². The lowest BCUT2D eigenvalue weighted by Crippen LogP contribution is -2.36. The summed E-state index contributed by atoms with van der Waals surface area (Å²) in [5, 5.41) is 11.7. The summed E-state index contributed by atoms with van der Waals surface area (Å²) in [6.45, 7) is 0.427.